The van der Waals surface area contributed by atoms with Crippen LogP contribution in [0.1, 0.15) is 41.5 Å². The first kappa shape index (κ1) is 17.6. The molecule has 0 aliphatic rings. The summed E-state index contributed by atoms with van der Waals surface area (Å²) in [6, 6.07) is -0.575. The Hall–Kier alpha value is -1.43. The number of hydrogen-bond donors (Lipinski definition) is 3. The van der Waals surface area contributed by atoms with Gasteiger partial charge in [0, 0.05) is 11.5 Å². The standard InChI is InChI=1S/C13H25N3O3/c1-8(2)14-7-10(17)16-11(18)9(3)15-12(19)13(4,5)6/h8-9,14H,7H2,1-6H3,(H,15,19)(H,16,17,18)/t9-/m0/s1. The molecule has 0 saturated carbocycles. The fraction of sp³-hybridized carbons (Fsp3) is 0.769. The largest absolute Gasteiger partial charge is 0.344 e. The molecule has 0 aromatic rings. The van der Waals surface area contributed by atoms with Crippen LogP contribution in [0.15, 0.2) is 0 Å². The van der Waals surface area contributed by atoms with Gasteiger partial charge in [-0.15, -0.1) is 0 Å². The lowest BCUT2D eigenvalue weighted by Crippen LogP contribution is -2.51. The van der Waals surface area contributed by atoms with E-state index in [9.17, 15) is 14.4 Å². The molecule has 19 heavy (non-hydrogen) atoms. The second-order valence-electron chi connectivity index (χ2n) is 5.89. The average molecular weight is 271 g/mol. The molecule has 0 heterocycles. The Balaban J connectivity index is 4.21. The lowest BCUT2D eigenvalue weighted by Gasteiger charge is -2.21. The van der Waals surface area contributed by atoms with E-state index in [1.807, 2.05) is 13.8 Å². The van der Waals surface area contributed by atoms with Gasteiger partial charge in [-0.1, -0.05) is 34.6 Å². The smallest absolute Gasteiger partial charge is 0.248 e. The highest BCUT2D eigenvalue weighted by Crippen LogP contribution is 2.12. The van der Waals surface area contributed by atoms with Crippen molar-refractivity contribution in [2.75, 3.05) is 6.54 Å². The van der Waals surface area contributed by atoms with Gasteiger partial charge < -0.3 is 10.6 Å². The highest BCUT2D eigenvalue weighted by Gasteiger charge is 2.25. The lowest BCUT2D eigenvalue weighted by atomic mass is 9.95. The summed E-state index contributed by atoms with van der Waals surface area (Å²) < 4.78 is 0. The molecule has 0 aromatic carbocycles. The van der Waals surface area contributed by atoms with Crippen LogP contribution < -0.4 is 16.0 Å². The maximum Gasteiger partial charge on any atom is 0.248 e. The van der Waals surface area contributed by atoms with Crippen LogP contribution in [0.4, 0.5) is 0 Å². The van der Waals surface area contributed by atoms with Crippen molar-refractivity contribution < 1.29 is 14.4 Å². The predicted octanol–water partition coefficient (Wildman–Crippen LogP) is 0.178. The zero-order valence-electron chi connectivity index (χ0n) is 12.6. The van der Waals surface area contributed by atoms with E-state index < -0.39 is 23.3 Å². The predicted molar refractivity (Wildman–Crippen MR) is 73.3 cm³/mol. The lowest BCUT2D eigenvalue weighted by molar-refractivity contribution is -0.136. The van der Waals surface area contributed by atoms with Gasteiger partial charge in [-0.3, -0.25) is 19.7 Å². The number of hydrogen-bond acceptors (Lipinski definition) is 4. The van der Waals surface area contributed by atoms with Crippen LogP contribution in [-0.4, -0.2) is 36.3 Å². The van der Waals surface area contributed by atoms with Crippen molar-refractivity contribution in [3.8, 4) is 0 Å². The minimum Gasteiger partial charge on any atom is -0.344 e. The Morgan fingerprint density at radius 1 is 1.05 bits per heavy atom. The molecule has 0 rings (SSSR count). The van der Waals surface area contributed by atoms with Crippen LogP contribution in [0.25, 0.3) is 0 Å². The van der Waals surface area contributed by atoms with Gasteiger partial charge in [0.15, 0.2) is 0 Å². The third-order valence-corrected chi connectivity index (χ3v) is 2.36. The van der Waals surface area contributed by atoms with Gasteiger partial charge in [0.25, 0.3) is 0 Å². The normalized spacial score (nSPS) is 13.0. The summed E-state index contributed by atoms with van der Waals surface area (Å²) in [5.41, 5.74) is -0.572. The van der Waals surface area contributed by atoms with Crippen LogP contribution >= 0.6 is 0 Å². The molecule has 3 amide bonds. The maximum atomic E-state index is 11.7. The first-order valence-corrected chi connectivity index (χ1v) is 6.42. The number of rotatable bonds is 5. The summed E-state index contributed by atoms with van der Waals surface area (Å²) in [7, 11) is 0. The summed E-state index contributed by atoms with van der Waals surface area (Å²) in [6.45, 7) is 10.7. The van der Waals surface area contributed by atoms with Crippen molar-refractivity contribution in [3.05, 3.63) is 0 Å². The van der Waals surface area contributed by atoms with Crippen LogP contribution in [0.2, 0.25) is 0 Å². The third kappa shape index (κ3) is 7.56. The van der Waals surface area contributed by atoms with E-state index in [0.717, 1.165) is 0 Å². The average Bonchev–Trinajstić information content (AvgIpc) is 2.24. The molecule has 0 bridgehead atoms. The quantitative estimate of drug-likeness (QED) is 0.665. The Kier molecular flexibility index (Phi) is 6.69. The molecule has 0 radical (unpaired) electrons. The number of nitrogens with one attached hydrogen (secondary N) is 3. The van der Waals surface area contributed by atoms with Crippen molar-refractivity contribution in [1.29, 1.82) is 0 Å². The Bertz CT molecular complexity index is 346. The SMILES string of the molecule is CC(C)NCC(=O)NC(=O)[C@H](C)NC(=O)C(C)(C)C. The molecular formula is C13H25N3O3. The van der Waals surface area contributed by atoms with Gasteiger partial charge in [0.05, 0.1) is 6.54 Å². The second kappa shape index (κ2) is 7.23. The van der Waals surface area contributed by atoms with E-state index in [4.69, 9.17) is 0 Å². The molecule has 6 heteroatoms. The van der Waals surface area contributed by atoms with E-state index in [1.165, 1.54) is 0 Å². The van der Waals surface area contributed by atoms with Crippen LogP contribution in [0.3, 0.4) is 0 Å². The number of carbonyl (C=O) groups excluding carboxylic acids is 3. The van der Waals surface area contributed by atoms with E-state index in [-0.39, 0.29) is 18.5 Å². The van der Waals surface area contributed by atoms with Crippen molar-refractivity contribution in [2.24, 2.45) is 5.41 Å². The molecule has 1 atom stereocenters. The molecule has 110 valence electrons. The van der Waals surface area contributed by atoms with E-state index in [1.54, 1.807) is 27.7 Å². The molecule has 0 unspecified atom stereocenters. The Labute approximate surface area is 114 Å². The minimum absolute atomic E-state index is 0.0728. The fourth-order valence-corrected chi connectivity index (χ4v) is 1.07. The first-order valence-electron chi connectivity index (χ1n) is 6.42. The Morgan fingerprint density at radius 3 is 2.00 bits per heavy atom. The molecule has 0 spiro atoms. The van der Waals surface area contributed by atoms with E-state index in [0.29, 0.717) is 0 Å². The summed E-state index contributed by atoms with van der Waals surface area (Å²) >= 11 is 0. The molecule has 0 saturated heterocycles. The van der Waals surface area contributed by atoms with Gasteiger partial charge in [-0.05, 0) is 6.92 Å². The molecular weight excluding hydrogens is 246 g/mol. The number of carbonyl (C=O) groups is 3. The first-order chi connectivity index (χ1) is 8.54. The van der Waals surface area contributed by atoms with E-state index in [2.05, 4.69) is 16.0 Å². The molecule has 0 aromatic heterocycles. The van der Waals surface area contributed by atoms with Crippen LogP contribution in [-0.2, 0) is 14.4 Å². The van der Waals surface area contributed by atoms with Crippen LogP contribution in [0, 0.1) is 5.41 Å². The van der Waals surface area contributed by atoms with Gasteiger partial charge in [0.2, 0.25) is 17.7 Å². The highest BCUT2D eigenvalue weighted by atomic mass is 16.2. The van der Waals surface area contributed by atoms with Gasteiger partial charge in [0.1, 0.15) is 6.04 Å². The number of imide groups is 1. The Morgan fingerprint density at radius 2 is 1.58 bits per heavy atom. The van der Waals surface area contributed by atoms with Gasteiger partial charge >= 0.3 is 0 Å². The summed E-state index contributed by atoms with van der Waals surface area (Å²) in [4.78, 5) is 34.8. The zero-order chi connectivity index (χ0) is 15.2. The maximum absolute atomic E-state index is 11.7. The van der Waals surface area contributed by atoms with Gasteiger partial charge in [-0.2, -0.15) is 0 Å². The molecule has 0 fully saturated rings. The van der Waals surface area contributed by atoms with Crippen molar-refractivity contribution in [1.82, 2.24) is 16.0 Å². The minimum atomic E-state index is -0.741. The van der Waals surface area contributed by atoms with Crippen LogP contribution in [0.5, 0.6) is 0 Å². The molecule has 0 aliphatic carbocycles. The fourth-order valence-electron chi connectivity index (χ4n) is 1.07. The topological polar surface area (TPSA) is 87.3 Å². The van der Waals surface area contributed by atoms with Crippen molar-refractivity contribution in [3.63, 3.8) is 0 Å². The highest BCUT2D eigenvalue weighted by molar-refractivity contribution is 6.00. The number of amides is 3. The molecule has 3 N–H and O–H groups in total. The van der Waals surface area contributed by atoms with Crippen molar-refractivity contribution in [2.45, 2.75) is 53.6 Å². The molecule has 0 aliphatic heterocycles. The van der Waals surface area contributed by atoms with Crippen molar-refractivity contribution >= 4 is 17.7 Å². The molecule has 6 nitrogen and oxygen atoms in total. The summed E-state index contributed by atoms with van der Waals surface area (Å²) in [5, 5.41) is 7.71. The third-order valence-electron chi connectivity index (χ3n) is 2.36. The summed E-state index contributed by atoms with van der Waals surface area (Å²) in [5.74, 6) is -1.15. The van der Waals surface area contributed by atoms with E-state index >= 15 is 0 Å². The second-order valence-corrected chi connectivity index (χ2v) is 5.89. The van der Waals surface area contributed by atoms with Gasteiger partial charge in [-0.25, -0.2) is 0 Å². The summed E-state index contributed by atoms with van der Waals surface area (Å²) in [6.07, 6.45) is 0. The zero-order valence-corrected chi connectivity index (χ0v) is 12.6. The monoisotopic (exact) mass is 271 g/mol.